The number of aryl methyl sites for hydroxylation is 1. The van der Waals surface area contributed by atoms with Crippen LogP contribution in [0, 0.1) is 6.92 Å². The van der Waals surface area contributed by atoms with Crippen LogP contribution in [0.4, 0.5) is 11.4 Å². The summed E-state index contributed by atoms with van der Waals surface area (Å²) < 4.78 is 9.92. The van der Waals surface area contributed by atoms with Crippen LogP contribution in [0.25, 0.3) is 0 Å². The Morgan fingerprint density at radius 2 is 1.74 bits per heavy atom. The highest BCUT2D eigenvalue weighted by atomic mass is 16.5. The first-order valence-corrected chi connectivity index (χ1v) is 10.4. The van der Waals surface area contributed by atoms with Crippen LogP contribution in [0.2, 0.25) is 0 Å². The molecule has 0 aliphatic rings. The molecule has 8 heteroatoms. The van der Waals surface area contributed by atoms with Gasteiger partial charge in [-0.25, -0.2) is 9.59 Å². The van der Waals surface area contributed by atoms with Gasteiger partial charge in [0.2, 0.25) is 0 Å². The predicted octanol–water partition coefficient (Wildman–Crippen LogP) is 3.70. The molecule has 1 aromatic carbocycles. The molecule has 2 rings (SSSR count). The van der Waals surface area contributed by atoms with Crippen LogP contribution in [-0.2, 0) is 20.7 Å². The number of esters is 2. The summed E-state index contributed by atoms with van der Waals surface area (Å²) in [5.41, 5.74) is 3.17. The highest BCUT2D eigenvalue weighted by molar-refractivity contribution is 5.99. The van der Waals surface area contributed by atoms with Gasteiger partial charge in [0.25, 0.3) is 5.91 Å². The standard InChI is InChI=1S/C23H31N3O5/c1-7-18-20(22(28)30-6)15(5)21(25-18)23(29)31-13-19(27)24-16-9-11-17(12-10-16)26(8-2)14(3)4/h9-12,14,25H,7-8,13H2,1-6H3,(H,24,27). The summed E-state index contributed by atoms with van der Waals surface area (Å²) in [6.45, 7) is 10.3. The van der Waals surface area contributed by atoms with Crippen molar-refractivity contribution in [2.45, 2.75) is 47.1 Å². The van der Waals surface area contributed by atoms with Gasteiger partial charge in [-0.1, -0.05) is 6.92 Å². The van der Waals surface area contributed by atoms with Crippen LogP contribution in [-0.4, -0.2) is 49.1 Å². The molecule has 0 spiro atoms. The quantitative estimate of drug-likeness (QED) is 0.590. The van der Waals surface area contributed by atoms with Crippen LogP contribution in [0.1, 0.15) is 59.8 Å². The number of hydrogen-bond donors (Lipinski definition) is 2. The molecule has 0 radical (unpaired) electrons. The Hall–Kier alpha value is -3.29. The van der Waals surface area contributed by atoms with Gasteiger partial charge in [0.15, 0.2) is 6.61 Å². The van der Waals surface area contributed by atoms with Gasteiger partial charge in [-0.3, -0.25) is 4.79 Å². The molecule has 0 unspecified atom stereocenters. The average molecular weight is 430 g/mol. The fraction of sp³-hybridized carbons (Fsp3) is 0.435. The fourth-order valence-electron chi connectivity index (χ4n) is 3.49. The number of hydrogen-bond acceptors (Lipinski definition) is 6. The second-order valence-electron chi connectivity index (χ2n) is 7.37. The third-order valence-corrected chi connectivity index (χ3v) is 5.06. The topological polar surface area (TPSA) is 101 Å². The zero-order chi connectivity index (χ0) is 23.1. The van der Waals surface area contributed by atoms with Crippen molar-refractivity contribution < 1.29 is 23.9 Å². The number of benzene rings is 1. The molecule has 2 N–H and O–H groups in total. The Bertz CT molecular complexity index is 931. The van der Waals surface area contributed by atoms with Crippen molar-refractivity contribution in [2.24, 2.45) is 0 Å². The number of amides is 1. The Morgan fingerprint density at radius 3 is 2.26 bits per heavy atom. The highest BCUT2D eigenvalue weighted by Crippen LogP contribution is 2.22. The Kier molecular flexibility index (Phi) is 8.24. The third kappa shape index (κ3) is 5.65. The maximum absolute atomic E-state index is 12.4. The summed E-state index contributed by atoms with van der Waals surface area (Å²) >= 11 is 0. The molecule has 0 fully saturated rings. The van der Waals surface area contributed by atoms with Crippen molar-refractivity contribution in [3.63, 3.8) is 0 Å². The second kappa shape index (κ2) is 10.7. The van der Waals surface area contributed by atoms with Crippen LogP contribution in [0.15, 0.2) is 24.3 Å². The van der Waals surface area contributed by atoms with Crippen LogP contribution in [0.5, 0.6) is 0 Å². The van der Waals surface area contributed by atoms with Gasteiger partial charge in [-0.2, -0.15) is 0 Å². The SMILES string of the molecule is CCc1[nH]c(C(=O)OCC(=O)Nc2ccc(N(CC)C(C)C)cc2)c(C)c1C(=O)OC. The lowest BCUT2D eigenvalue weighted by Crippen LogP contribution is -2.30. The van der Waals surface area contributed by atoms with E-state index in [0.717, 1.165) is 12.2 Å². The van der Waals surface area contributed by atoms with Gasteiger partial charge in [-0.05, 0) is 63.9 Å². The van der Waals surface area contributed by atoms with Crippen molar-refractivity contribution in [1.82, 2.24) is 4.98 Å². The lowest BCUT2D eigenvalue weighted by Gasteiger charge is -2.27. The molecular formula is C23H31N3O5. The predicted molar refractivity (Wildman–Crippen MR) is 120 cm³/mol. The number of rotatable bonds is 9. The van der Waals surface area contributed by atoms with Crippen molar-refractivity contribution in [1.29, 1.82) is 0 Å². The van der Waals surface area contributed by atoms with Crippen molar-refractivity contribution in [3.05, 3.63) is 46.8 Å². The first kappa shape index (κ1) is 24.0. The number of carbonyl (C=O) groups is 3. The Labute approximate surface area is 182 Å². The largest absolute Gasteiger partial charge is 0.465 e. The number of methoxy groups -OCH3 is 1. The Balaban J connectivity index is 1.99. The van der Waals surface area contributed by atoms with Crippen LogP contribution in [0.3, 0.4) is 0 Å². The number of anilines is 2. The van der Waals surface area contributed by atoms with Crippen molar-refractivity contribution in [3.8, 4) is 0 Å². The lowest BCUT2D eigenvalue weighted by atomic mass is 10.1. The summed E-state index contributed by atoms with van der Waals surface area (Å²) in [7, 11) is 1.28. The molecule has 1 aromatic heterocycles. The van der Waals surface area contributed by atoms with Gasteiger partial charge in [0.05, 0.1) is 12.7 Å². The monoisotopic (exact) mass is 429 g/mol. The molecule has 0 saturated heterocycles. The molecular weight excluding hydrogens is 398 g/mol. The molecule has 0 atom stereocenters. The fourth-order valence-corrected chi connectivity index (χ4v) is 3.49. The van der Waals surface area contributed by atoms with E-state index in [4.69, 9.17) is 9.47 Å². The van der Waals surface area contributed by atoms with Gasteiger partial charge in [0.1, 0.15) is 5.69 Å². The summed E-state index contributed by atoms with van der Waals surface area (Å²) in [5.74, 6) is -1.68. The van der Waals surface area contributed by atoms with Crippen molar-refractivity contribution in [2.75, 3.05) is 30.5 Å². The molecule has 0 aliphatic carbocycles. The molecule has 0 bridgehead atoms. The number of nitrogens with one attached hydrogen (secondary N) is 2. The molecule has 8 nitrogen and oxygen atoms in total. The van der Waals surface area contributed by atoms with E-state index >= 15 is 0 Å². The molecule has 0 aliphatic heterocycles. The molecule has 168 valence electrons. The summed E-state index contributed by atoms with van der Waals surface area (Å²) in [6, 6.07) is 7.87. The van der Waals surface area contributed by atoms with Gasteiger partial charge in [-0.15, -0.1) is 0 Å². The van der Waals surface area contributed by atoms with Crippen molar-refractivity contribution >= 4 is 29.2 Å². The minimum absolute atomic E-state index is 0.141. The van der Waals surface area contributed by atoms with Gasteiger partial charge in [0, 0.05) is 29.7 Å². The van der Waals surface area contributed by atoms with E-state index in [1.54, 1.807) is 6.92 Å². The van der Waals surface area contributed by atoms with Crippen LogP contribution < -0.4 is 10.2 Å². The third-order valence-electron chi connectivity index (χ3n) is 5.06. The van der Waals surface area contributed by atoms with Gasteiger partial charge >= 0.3 is 11.9 Å². The number of aromatic nitrogens is 1. The summed E-state index contributed by atoms with van der Waals surface area (Å²) in [6.07, 6.45) is 0.515. The number of H-pyrrole nitrogens is 1. The lowest BCUT2D eigenvalue weighted by molar-refractivity contribution is -0.119. The average Bonchev–Trinajstić information content (AvgIpc) is 3.09. The minimum Gasteiger partial charge on any atom is -0.465 e. The maximum Gasteiger partial charge on any atom is 0.355 e. The van der Waals surface area contributed by atoms with Gasteiger partial charge < -0.3 is 24.7 Å². The van der Waals surface area contributed by atoms with E-state index in [-0.39, 0.29) is 5.69 Å². The normalized spacial score (nSPS) is 10.7. The minimum atomic E-state index is -0.705. The Morgan fingerprint density at radius 1 is 1.10 bits per heavy atom. The van der Waals surface area contributed by atoms with E-state index in [9.17, 15) is 14.4 Å². The van der Waals surface area contributed by atoms with E-state index in [0.29, 0.717) is 35.0 Å². The van der Waals surface area contributed by atoms with Crippen LogP contribution >= 0.6 is 0 Å². The highest BCUT2D eigenvalue weighted by Gasteiger charge is 2.24. The molecule has 1 heterocycles. The number of nitrogens with zero attached hydrogens (tertiary/aromatic N) is 1. The maximum atomic E-state index is 12.4. The molecule has 2 aromatic rings. The zero-order valence-electron chi connectivity index (χ0n) is 19.0. The zero-order valence-corrected chi connectivity index (χ0v) is 19.0. The molecule has 0 saturated carbocycles. The first-order valence-electron chi connectivity index (χ1n) is 10.4. The molecule has 1 amide bonds. The summed E-state index contributed by atoms with van der Waals surface area (Å²) in [5, 5.41) is 2.71. The first-order chi connectivity index (χ1) is 14.7. The molecule has 31 heavy (non-hydrogen) atoms. The number of carbonyl (C=O) groups excluding carboxylic acids is 3. The summed E-state index contributed by atoms with van der Waals surface area (Å²) in [4.78, 5) is 41.8. The number of aromatic amines is 1. The van der Waals surface area contributed by atoms with E-state index in [1.807, 2.05) is 31.2 Å². The second-order valence-corrected chi connectivity index (χ2v) is 7.37. The number of ether oxygens (including phenoxy) is 2. The smallest absolute Gasteiger partial charge is 0.355 e. The van der Waals surface area contributed by atoms with E-state index in [1.165, 1.54) is 7.11 Å². The van der Waals surface area contributed by atoms with E-state index in [2.05, 4.69) is 36.0 Å². The van der Waals surface area contributed by atoms with E-state index < -0.39 is 24.5 Å².